The molecule has 0 atom stereocenters. The fourth-order valence-electron chi connectivity index (χ4n) is 3.66. The molecule has 3 aromatic rings. The van der Waals surface area contributed by atoms with Gasteiger partial charge in [0.25, 0.3) is 11.8 Å². The summed E-state index contributed by atoms with van der Waals surface area (Å²) in [5, 5.41) is 5.77. The lowest BCUT2D eigenvalue weighted by molar-refractivity contribution is -0.118. The SMILES string of the molecule is Cc1c(NC(=O)COc2ccc3c(c2)CCC3)cccc1NC(=O)c1ccccc1. The van der Waals surface area contributed by atoms with Crippen LogP contribution in [0.5, 0.6) is 5.75 Å². The number of benzene rings is 3. The number of carbonyl (C=O) groups excluding carboxylic acids is 2. The Hall–Kier alpha value is -3.60. The Labute approximate surface area is 176 Å². The molecule has 0 aromatic heterocycles. The first-order valence-electron chi connectivity index (χ1n) is 10.1. The van der Waals surface area contributed by atoms with Gasteiger partial charge in [-0.05, 0) is 79.3 Å². The monoisotopic (exact) mass is 400 g/mol. The molecule has 1 aliphatic rings. The smallest absolute Gasteiger partial charge is 0.262 e. The first-order valence-corrected chi connectivity index (χ1v) is 10.1. The van der Waals surface area contributed by atoms with E-state index in [9.17, 15) is 9.59 Å². The van der Waals surface area contributed by atoms with E-state index in [0.717, 1.165) is 18.4 Å². The van der Waals surface area contributed by atoms with Crippen molar-refractivity contribution >= 4 is 23.2 Å². The second kappa shape index (κ2) is 8.82. The van der Waals surface area contributed by atoms with Crippen LogP contribution in [0.25, 0.3) is 0 Å². The third kappa shape index (κ3) is 4.51. The summed E-state index contributed by atoms with van der Waals surface area (Å²) >= 11 is 0. The highest BCUT2D eigenvalue weighted by Gasteiger charge is 2.13. The van der Waals surface area contributed by atoms with E-state index >= 15 is 0 Å². The molecule has 2 N–H and O–H groups in total. The molecule has 0 bridgehead atoms. The van der Waals surface area contributed by atoms with E-state index in [1.807, 2.05) is 43.3 Å². The number of aryl methyl sites for hydroxylation is 2. The van der Waals surface area contributed by atoms with Crippen molar-refractivity contribution in [2.75, 3.05) is 17.2 Å². The van der Waals surface area contributed by atoms with Crippen molar-refractivity contribution in [2.24, 2.45) is 0 Å². The highest BCUT2D eigenvalue weighted by molar-refractivity contribution is 6.05. The molecule has 5 nitrogen and oxygen atoms in total. The molecule has 0 heterocycles. The molecule has 0 unspecified atom stereocenters. The van der Waals surface area contributed by atoms with Crippen molar-refractivity contribution in [3.05, 3.63) is 89.0 Å². The standard InChI is InChI=1S/C25H24N2O3/c1-17-22(11-6-12-23(17)27-25(29)19-7-3-2-4-8-19)26-24(28)16-30-21-14-13-18-9-5-10-20(18)15-21/h2-4,6-8,11-15H,5,9-10,16H2,1H3,(H,26,28)(H,27,29). The second-order valence-electron chi connectivity index (χ2n) is 7.42. The molecule has 30 heavy (non-hydrogen) atoms. The lowest BCUT2D eigenvalue weighted by atomic mass is 10.1. The van der Waals surface area contributed by atoms with E-state index in [0.29, 0.717) is 22.7 Å². The maximum atomic E-state index is 12.4. The summed E-state index contributed by atoms with van der Waals surface area (Å²) < 4.78 is 5.68. The van der Waals surface area contributed by atoms with Gasteiger partial charge in [0.1, 0.15) is 5.75 Å². The first kappa shape index (κ1) is 19.7. The average Bonchev–Trinajstić information content (AvgIpc) is 3.23. The molecular weight excluding hydrogens is 376 g/mol. The van der Waals surface area contributed by atoms with Gasteiger partial charge in [-0.2, -0.15) is 0 Å². The normalized spacial score (nSPS) is 12.2. The van der Waals surface area contributed by atoms with Crippen LogP contribution in [0.1, 0.15) is 33.5 Å². The molecular formula is C25H24N2O3. The van der Waals surface area contributed by atoms with Gasteiger partial charge in [0.05, 0.1) is 0 Å². The lowest BCUT2D eigenvalue weighted by Crippen LogP contribution is -2.21. The molecule has 0 saturated carbocycles. The molecule has 2 amide bonds. The third-order valence-corrected chi connectivity index (χ3v) is 5.33. The minimum absolute atomic E-state index is 0.0706. The zero-order chi connectivity index (χ0) is 20.9. The Balaban J connectivity index is 1.37. The average molecular weight is 400 g/mol. The number of hydrogen-bond acceptors (Lipinski definition) is 3. The second-order valence-corrected chi connectivity index (χ2v) is 7.42. The van der Waals surface area contributed by atoms with Crippen LogP contribution in [-0.2, 0) is 17.6 Å². The fourth-order valence-corrected chi connectivity index (χ4v) is 3.66. The van der Waals surface area contributed by atoms with E-state index < -0.39 is 0 Å². The Morgan fingerprint density at radius 1 is 0.867 bits per heavy atom. The number of ether oxygens (including phenoxy) is 1. The van der Waals surface area contributed by atoms with Crippen molar-refractivity contribution in [1.82, 2.24) is 0 Å². The third-order valence-electron chi connectivity index (χ3n) is 5.33. The summed E-state index contributed by atoms with van der Waals surface area (Å²) in [6.45, 7) is 1.79. The molecule has 4 rings (SSSR count). The van der Waals surface area contributed by atoms with Gasteiger partial charge in [-0.25, -0.2) is 0 Å². The molecule has 0 radical (unpaired) electrons. The summed E-state index contributed by atoms with van der Waals surface area (Å²) in [4.78, 5) is 24.8. The largest absolute Gasteiger partial charge is 0.484 e. The van der Waals surface area contributed by atoms with Crippen molar-refractivity contribution in [1.29, 1.82) is 0 Å². The van der Waals surface area contributed by atoms with E-state index in [1.54, 1.807) is 24.3 Å². The van der Waals surface area contributed by atoms with Crippen molar-refractivity contribution < 1.29 is 14.3 Å². The molecule has 0 spiro atoms. The van der Waals surface area contributed by atoms with Gasteiger partial charge in [-0.15, -0.1) is 0 Å². The van der Waals surface area contributed by atoms with Crippen LogP contribution in [0.15, 0.2) is 66.7 Å². The Bertz CT molecular complexity index is 1080. The number of anilines is 2. The van der Waals surface area contributed by atoms with Crippen LogP contribution >= 0.6 is 0 Å². The minimum atomic E-state index is -0.245. The number of amides is 2. The maximum absolute atomic E-state index is 12.4. The van der Waals surface area contributed by atoms with E-state index in [1.165, 1.54) is 17.5 Å². The van der Waals surface area contributed by atoms with Gasteiger partial charge in [0.15, 0.2) is 6.61 Å². The number of hydrogen-bond donors (Lipinski definition) is 2. The lowest BCUT2D eigenvalue weighted by Gasteiger charge is -2.14. The Kier molecular flexibility index (Phi) is 5.80. The van der Waals surface area contributed by atoms with Crippen molar-refractivity contribution in [2.45, 2.75) is 26.2 Å². The Morgan fingerprint density at radius 3 is 2.40 bits per heavy atom. The van der Waals surface area contributed by atoms with Crippen molar-refractivity contribution in [3.63, 3.8) is 0 Å². The summed E-state index contributed by atoms with van der Waals surface area (Å²) in [6, 6.07) is 20.5. The maximum Gasteiger partial charge on any atom is 0.262 e. The van der Waals surface area contributed by atoms with Gasteiger partial charge in [0.2, 0.25) is 0 Å². The zero-order valence-corrected chi connectivity index (χ0v) is 16.9. The van der Waals surface area contributed by atoms with Gasteiger partial charge >= 0.3 is 0 Å². The molecule has 0 fully saturated rings. The van der Waals surface area contributed by atoms with Gasteiger partial charge in [-0.1, -0.05) is 30.3 Å². The van der Waals surface area contributed by atoms with Gasteiger partial charge in [0, 0.05) is 16.9 Å². The summed E-state index contributed by atoms with van der Waals surface area (Å²) in [5.74, 6) is 0.277. The van der Waals surface area contributed by atoms with Crippen LogP contribution in [0.3, 0.4) is 0 Å². The van der Waals surface area contributed by atoms with Crippen molar-refractivity contribution in [3.8, 4) is 5.75 Å². The summed E-state index contributed by atoms with van der Waals surface area (Å²) in [6.07, 6.45) is 3.36. The highest BCUT2D eigenvalue weighted by Crippen LogP contribution is 2.26. The van der Waals surface area contributed by atoms with E-state index in [2.05, 4.69) is 16.7 Å². The minimum Gasteiger partial charge on any atom is -0.484 e. The molecule has 0 saturated heterocycles. The molecule has 3 aromatic carbocycles. The molecule has 0 aliphatic heterocycles. The fraction of sp³-hybridized carbons (Fsp3) is 0.200. The summed E-state index contributed by atoms with van der Waals surface area (Å²) in [5.41, 5.74) is 5.34. The highest BCUT2D eigenvalue weighted by atomic mass is 16.5. The molecule has 1 aliphatic carbocycles. The van der Waals surface area contributed by atoms with E-state index in [4.69, 9.17) is 4.74 Å². The van der Waals surface area contributed by atoms with Crippen LogP contribution in [0.2, 0.25) is 0 Å². The van der Waals surface area contributed by atoms with Gasteiger partial charge < -0.3 is 15.4 Å². The number of nitrogens with one attached hydrogen (secondary N) is 2. The quantitative estimate of drug-likeness (QED) is 0.627. The first-order chi connectivity index (χ1) is 14.6. The molecule has 5 heteroatoms. The van der Waals surface area contributed by atoms with Crippen LogP contribution in [0.4, 0.5) is 11.4 Å². The number of carbonyl (C=O) groups is 2. The number of rotatable bonds is 6. The number of fused-ring (bicyclic) bond motifs is 1. The van der Waals surface area contributed by atoms with Crippen LogP contribution in [-0.4, -0.2) is 18.4 Å². The Morgan fingerprint density at radius 2 is 1.60 bits per heavy atom. The van der Waals surface area contributed by atoms with Crippen LogP contribution < -0.4 is 15.4 Å². The summed E-state index contributed by atoms with van der Waals surface area (Å²) in [7, 11) is 0. The van der Waals surface area contributed by atoms with Crippen LogP contribution in [0, 0.1) is 6.92 Å². The topological polar surface area (TPSA) is 67.4 Å². The van der Waals surface area contributed by atoms with E-state index in [-0.39, 0.29) is 18.4 Å². The predicted octanol–water partition coefficient (Wildman–Crippen LogP) is 4.75. The zero-order valence-electron chi connectivity index (χ0n) is 16.9. The predicted molar refractivity (Wildman–Crippen MR) is 118 cm³/mol. The molecule has 152 valence electrons. The van der Waals surface area contributed by atoms with Gasteiger partial charge in [-0.3, -0.25) is 9.59 Å².